The number of carbonyl (C=O) groups is 3. The van der Waals surface area contributed by atoms with Crippen molar-refractivity contribution in [1.29, 1.82) is 5.26 Å². The molecule has 0 aliphatic carbocycles. The Morgan fingerprint density at radius 1 is 1.37 bits per heavy atom. The van der Waals surface area contributed by atoms with E-state index in [1.54, 1.807) is 24.3 Å². The van der Waals surface area contributed by atoms with Gasteiger partial charge in [0.2, 0.25) is 17.7 Å². The lowest BCUT2D eigenvalue weighted by molar-refractivity contribution is -0.139. The second kappa shape index (κ2) is 6.17. The number of hydrogen-bond acceptors (Lipinski definition) is 7. The highest BCUT2D eigenvalue weighted by Gasteiger charge is 2.62. The molecular weight excluding hydrogens is 352 g/mol. The number of hydrogen-bond donors (Lipinski definition) is 2. The zero-order valence-electron chi connectivity index (χ0n) is 14.6. The van der Waals surface area contributed by atoms with Gasteiger partial charge in [0.1, 0.15) is 23.9 Å². The number of carbonyl (C=O) groups excluding carboxylic acids is 3. The van der Waals surface area contributed by atoms with E-state index >= 15 is 0 Å². The van der Waals surface area contributed by atoms with Crippen LogP contribution in [0.1, 0.15) is 12.5 Å². The van der Waals surface area contributed by atoms with Crippen LogP contribution in [0.5, 0.6) is 5.75 Å². The highest BCUT2D eigenvalue weighted by Crippen LogP contribution is 2.53. The molecule has 2 aliphatic rings. The van der Waals surface area contributed by atoms with E-state index in [1.807, 2.05) is 6.07 Å². The molecule has 1 atom stereocenters. The number of nitrogens with zero attached hydrogens (tertiary/aromatic N) is 2. The Kier molecular flexibility index (Phi) is 4.12. The standard InChI is InChI=1S/C18H16N4O5/c1-9-14(16(24)26-2)18(17(25)22(9)8-13(20)23)10-5-3-4-6-12(10)27-15(21)11(18)7-19/h3-6H,8,21H2,1-2H3,(H2,20,23)/t18-/m0/s1. The van der Waals surface area contributed by atoms with E-state index in [-0.39, 0.29) is 34.0 Å². The molecule has 1 aromatic carbocycles. The summed E-state index contributed by atoms with van der Waals surface area (Å²) in [5, 5.41) is 9.75. The van der Waals surface area contributed by atoms with E-state index in [2.05, 4.69) is 0 Å². The van der Waals surface area contributed by atoms with Crippen LogP contribution in [-0.2, 0) is 24.5 Å². The van der Waals surface area contributed by atoms with Gasteiger partial charge in [0, 0.05) is 11.3 Å². The maximum Gasteiger partial charge on any atom is 0.337 e. The molecule has 4 N–H and O–H groups in total. The van der Waals surface area contributed by atoms with E-state index in [9.17, 15) is 19.6 Å². The van der Waals surface area contributed by atoms with Gasteiger partial charge in [-0.05, 0) is 13.0 Å². The van der Waals surface area contributed by atoms with Gasteiger partial charge < -0.3 is 25.8 Å². The summed E-state index contributed by atoms with van der Waals surface area (Å²) in [5.74, 6) is -2.39. The molecule has 2 aliphatic heterocycles. The van der Waals surface area contributed by atoms with Crippen molar-refractivity contribution in [2.75, 3.05) is 13.7 Å². The Bertz CT molecular complexity index is 988. The number of primary amides is 1. The Morgan fingerprint density at radius 3 is 2.63 bits per heavy atom. The number of esters is 1. The van der Waals surface area contributed by atoms with E-state index in [1.165, 1.54) is 6.92 Å². The molecular formula is C18H16N4O5. The van der Waals surface area contributed by atoms with Gasteiger partial charge in [-0.15, -0.1) is 0 Å². The summed E-state index contributed by atoms with van der Waals surface area (Å²) >= 11 is 0. The second-order valence-electron chi connectivity index (χ2n) is 6.01. The molecule has 0 aromatic heterocycles. The maximum absolute atomic E-state index is 13.5. The van der Waals surface area contributed by atoms with Crippen LogP contribution in [-0.4, -0.2) is 36.3 Å². The Hall–Kier alpha value is -3.80. The molecule has 9 nitrogen and oxygen atoms in total. The van der Waals surface area contributed by atoms with Crippen LogP contribution in [0.2, 0.25) is 0 Å². The lowest BCUT2D eigenvalue weighted by atomic mass is 9.68. The number of ether oxygens (including phenoxy) is 2. The van der Waals surface area contributed by atoms with Crippen molar-refractivity contribution >= 4 is 17.8 Å². The van der Waals surface area contributed by atoms with Crippen molar-refractivity contribution in [2.24, 2.45) is 11.5 Å². The molecule has 2 amide bonds. The SMILES string of the molecule is COC(=O)C1=C(C)N(CC(N)=O)C(=O)[C@@]12C(C#N)=C(N)Oc1ccccc12. The number of rotatable bonds is 3. The minimum absolute atomic E-state index is 0.105. The van der Waals surface area contributed by atoms with E-state index in [0.29, 0.717) is 0 Å². The van der Waals surface area contributed by atoms with Gasteiger partial charge in [-0.1, -0.05) is 18.2 Å². The number of para-hydroxylation sites is 1. The Labute approximate surface area is 154 Å². The van der Waals surface area contributed by atoms with E-state index in [0.717, 1.165) is 12.0 Å². The summed E-state index contributed by atoms with van der Waals surface area (Å²) in [6, 6.07) is 8.30. The molecule has 0 unspecified atom stereocenters. The molecule has 0 saturated carbocycles. The normalized spacial score (nSPS) is 21.1. The minimum atomic E-state index is -1.87. The van der Waals surface area contributed by atoms with Crippen molar-refractivity contribution < 1.29 is 23.9 Å². The molecule has 0 fully saturated rings. The predicted molar refractivity (Wildman–Crippen MR) is 91.2 cm³/mol. The highest BCUT2D eigenvalue weighted by atomic mass is 16.5. The Morgan fingerprint density at radius 2 is 2.04 bits per heavy atom. The monoisotopic (exact) mass is 368 g/mol. The van der Waals surface area contributed by atoms with Crippen LogP contribution >= 0.6 is 0 Å². The fraction of sp³-hybridized carbons (Fsp3) is 0.222. The third kappa shape index (κ3) is 2.27. The average molecular weight is 368 g/mol. The highest BCUT2D eigenvalue weighted by molar-refractivity contribution is 6.13. The first-order valence-corrected chi connectivity index (χ1v) is 7.88. The van der Waals surface area contributed by atoms with Gasteiger partial charge >= 0.3 is 5.97 Å². The van der Waals surface area contributed by atoms with Crippen molar-refractivity contribution in [3.63, 3.8) is 0 Å². The number of methoxy groups -OCH3 is 1. The summed E-state index contributed by atoms with van der Waals surface area (Å²) in [6.07, 6.45) is 0. The summed E-state index contributed by atoms with van der Waals surface area (Å²) < 4.78 is 10.4. The number of nitriles is 1. The smallest absolute Gasteiger partial charge is 0.337 e. The number of allylic oxidation sites excluding steroid dienone is 1. The summed E-state index contributed by atoms with van der Waals surface area (Å²) in [5.41, 5.74) is 9.36. The molecule has 1 aromatic rings. The van der Waals surface area contributed by atoms with Crippen LogP contribution in [0.15, 0.2) is 47.0 Å². The summed E-state index contributed by atoms with van der Waals surface area (Å²) in [7, 11) is 1.15. The van der Waals surface area contributed by atoms with Crippen LogP contribution in [0, 0.1) is 11.3 Å². The summed E-state index contributed by atoms with van der Waals surface area (Å²) in [6.45, 7) is 1.01. The van der Waals surface area contributed by atoms with E-state index < -0.39 is 29.7 Å². The van der Waals surface area contributed by atoms with Crippen molar-refractivity contribution in [2.45, 2.75) is 12.3 Å². The fourth-order valence-electron chi connectivity index (χ4n) is 3.59. The quantitative estimate of drug-likeness (QED) is 0.701. The van der Waals surface area contributed by atoms with Gasteiger partial charge in [0.05, 0.1) is 12.7 Å². The van der Waals surface area contributed by atoms with Gasteiger partial charge in [0.15, 0.2) is 5.41 Å². The van der Waals surface area contributed by atoms with Crippen molar-refractivity contribution in [3.8, 4) is 11.8 Å². The molecule has 3 rings (SSSR count). The number of nitrogens with two attached hydrogens (primary N) is 2. The first-order valence-electron chi connectivity index (χ1n) is 7.88. The zero-order valence-corrected chi connectivity index (χ0v) is 14.6. The predicted octanol–water partition coefficient (Wildman–Crippen LogP) is -0.215. The molecule has 2 heterocycles. The first kappa shape index (κ1) is 18.0. The van der Waals surface area contributed by atoms with E-state index in [4.69, 9.17) is 20.9 Å². The van der Waals surface area contributed by atoms with Crippen LogP contribution in [0.3, 0.4) is 0 Å². The van der Waals surface area contributed by atoms with Gasteiger partial charge in [0.25, 0.3) is 0 Å². The second-order valence-corrected chi connectivity index (χ2v) is 6.01. The molecule has 27 heavy (non-hydrogen) atoms. The third-order valence-corrected chi connectivity index (χ3v) is 4.66. The van der Waals surface area contributed by atoms with Crippen LogP contribution < -0.4 is 16.2 Å². The Balaban J connectivity index is 2.44. The van der Waals surface area contributed by atoms with Crippen LogP contribution in [0.25, 0.3) is 0 Å². The molecule has 9 heteroatoms. The van der Waals surface area contributed by atoms with Gasteiger partial charge in [-0.2, -0.15) is 5.26 Å². The largest absolute Gasteiger partial charge is 0.466 e. The lowest BCUT2D eigenvalue weighted by Crippen LogP contribution is -2.48. The topological polar surface area (TPSA) is 149 Å². The van der Waals surface area contributed by atoms with Crippen LogP contribution in [0.4, 0.5) is 0 Å². The first-order chi connectivity index (χ1) is 12.8. The molecule has 0 radical (unpaired) electrons. The lowest BCUT2D eigenvalue weighted by Gasteiger charge is -2.35. The maximum atomic E-state index is 13.5. The summed E-state index contributed by atoms with van der Waals surface area (Å²) in [4.78, 5) is 38.7. The number of benzene rings is 1. The number of amides is 2. The third-order valence-electron chi connectivity index (χ3n) is 4.66. The van der Waals surface area contributed by atoms with Gasteiger partial charge in [-0.3, -0.25) is 9.59 Å². The molecule has 1 spiro atoms. The fourth-order valence-corrected chi connectivity index (χ4v) is 3.59. The van der Waals surface area contributed by atoms with Crippen molar-refractivity contribution in [3.05, 3.63) is 52.6 Å². The van der Waals surface area contributed by atoms with Crippen molar-refractivity contribution in [1.82, 2.24) is 4.90 Å². The average Bonchev–Trinajstić information content (AvgIpc) is 2.83. The molecule has 0 bridgehead atoms. The minimum Gasteiger partial charge on any atom is -0.466 e. The molecule has 0 saturated heterocycles. The zero-order chi connectivity index (χ0) is 19.9. The van der Waals surface area contributed by atoms with Gasteiger partial charge in [-0.25, -0.2) is 4.79 Å². The number of fused-ring (bicyclic) bond motifs is 2. The molecule has 138 valence electrons.